The van der Waals surface area contributed by atoms with Crippen LogP contribution >= 0.6 is 11.8 Å². The van der Waals surface area contributed by atoms with Crippen LogP contribution in [0.3, 0.4) is 0 Å². The Bertz CT molecular complexity index is 361. The predicted octanol–water partition coefficient (Wildman–Crippen LogP) is 1.07. The summed E-state index contributed by atoms with van der Waals surface area (Å²) in [5, 5.41) is 4.05. The van der Waals surface area contributed by atoms with E-state index < -0.39 is 0 Å². The van der Waals surface area contributed by atoms with Crippen molar-refractivity contribution in [3.63, 3.8) is 0 Å². The number of aromatic nitrogens is 2. The van der Waals surface area contributed by atoms with Crippen LogP contribution < -0.4 is 16.6 Å². The molecule has 0 aliphatic heterocycles. The standard InChI is InChI=1S/C10H17N5OS/c1-16-7-3-6(4-7)12-8-5-9(15-11)14-10(13-8)17-2/h5-7H,3-4,11H2,1-2H3,(H2,12,13,14,15). The molecule has 7 heteroatoms. The molecule has 0 amide bonds. The molecule has 0 spiro atoms. The van der Waals surface area contributed by atoms with Crippen molar-refractivity contribution in [3.8, 4) is 0 Å². The van der Waals surface area contributed by atoms with E-state index in [1.165, 1.54) is 11.8 Å². The second-order valence-corrected chi connectivity index (χ2v) is 4.71. The maximum absolute atomic E-state index is 5.37. The summed E-state index contributed by atoms with van der Waals surface area (Å²) in [6.07, 6.45) is 4.34. The number of methoxy groups -OCH3 is 1. The highest BCUT2D eigenvalue weighted by Gasteiger charge is 2.29. The first kappa shape index (κ1) is 12.4. The fraction of sp³-hybridized carbons (Fsp3) is 0.600. The lowest BCUT2D eigenvalue weighted by Crippen LogP contribution is -2.40. The average Bonchev–Trinajstić information content (AvgIpc) is 2.32. The Kier molecular flexibility index (Phi) is 4.03. The number of thioether (sulfide) groups is 1. The van der Waals surface area contributed by atoms with Crippen LogP contribution in [0.25, 0.3) is 0 Å². The zero-order chi connectivity index (χ0) is 12.3. The highest BCUT2D eigenvalue weighted by atomic mass is 32.2. The van der Waals surface area contributed by atoms with Crippen LogP contribution in [-0.4, -0.2) is 35.5 Å². The van der Waals surface area contributed by atoms with E-state index >= 15 is 0 Å². The summed E-state index contributed by atoms with van der Waals surface area (Å²) in [6.45, 7) is 0. The lowest BCUT2D eigenvalue weighted by atomic mass is 9.89. The molecule has 0 aromatic carbocycles. The van der Waals surface area contributed by atoms with Crippen LogP contribution in [0.1, 0.15) is 12.8 Å². The normalized spacial score (nSPS) is 23.0. The van der Waals surface area contributed by atoms with Crippen molar-refractivity contribution < 1.29 is 4.74 Å². The number of hydrogen-bond donors (Lipinski definition) is 3. The summed E-state index contributed by atoms with van der Waals surface area (Å²) in [6, 6.07) is 2.23. The summed E-state index contributed by atoms with van der Waals surface area (Å²) < 4.78 is 5.23. The number of ether oxygens (including phenoxy) is 1. The SMILES string of the molecule is COC1CC(Nc2cc(NN)nc(SC)n2)C1. The van der Waals surface area contributed by atoms with Crippen LogP contribution in [-0.2, 0) is 4.74 Å². The number of rotatable bonds is 5. The summed E-state index contributed by atoms with van der Waals surface area (Å²) in [5.74, 6) is 6.79. The summed E-state index contributed by atoms with van der Waals surface area (Å²) in [5.41, 5.74) is 2.54. The molecule has 0 radical (unpaired) electrons. The average molecular weight is 255 g/mol. The first-order valence-electron chi connectivity index (χ1n) is 5.44. The fourth-order valence-electron chi connectivity index (χ4n) is 1.75. The van der Waals surface area contributed by atoms with Crippen molar-refractivity contribution in [1.82, 2.24) is 9.97 Å². The van der Waals surface area contributed by atoms with E-state index in [4.69, 9.17) is 10.6 Å². The molecule has 94 valence electrons. The molecule has 0 bridgehead atoms. The lowest BCUT2D eigenvalue weighted by molar-refractivity contribution is 0.0328. The minimum Gasteiger partial charge on any atom is -0.381 e. The predicted molar refractivity (Wildman–Crippen MR) is 69.1 cm³/mol. The zero-order valence-corrected chi connectivity index (χ0v) is 10.8. The first-order valence-corrected chi connectivity index (χ1v) is 6.66. The van der Waals surface area contributed by atoms with Gasteiger partial charge in [-0.15, -0.1) is 0 Å². The van der Waals surface area contributed by atoms with Gasteiger partial charge in [0.05, 0.1) is 6.10 Å². The molecule has 0 atom stereocenters. The van der Waals surface area contributed by atoms with E-state index in [1.807, 2.05) is 6.26 Å². The van der Waals surface area contributed by atoms with Gasteiger partial charge in [0, 0.05) is 19.2 Å². The molecule has 2 rings (SSSR count). The molecule has 4 N–H and O–H groups in total. The van der Waals surface area contributed by atoms with Gasteiger partial charge in [-0.1, -0.05) is 11.8 Å². The molecule has 6 nitrogen and oxygen atoms in total. The van der Waals surface area contributed by atoms with Gasteiger partial charge >= 0.3 is 0 Å². The third kappa shape index (κ3) is 2.99. The van der Waals surface area contributed by atoms with Gasteiger partial charge in [-0.2, -0.15) is 0 Å². The van der Waals surface area contributed by atoms with Gasteiger partial charge in [-0.05, 0) is 19.1 Å². The quantitative estimate of drug-likeness (QED) is 0.314. The largest absolute Gasteiger partial charge is 0.381 e. The van der Waals surface area contributed by atoms with E-state index in [0.29, 0.717) is 23.1 Å². The fourth-order valence-corrected chi connectivity index (χ4v) is 2.13. The molecule has 0 saturated heterocycles. The Morgan fingerprint density at radius 3 is 2.71 bits per heavy atom. The van der Waals surface area contributed by atoms with Gasteiger partial charge in [-0.3, -0.25) is 0 Å². The third-order valence-electron chi connectivity index (χ3n) is 2.82. The van der Waals surface area contributed by atoms with E-state index in [2.05, 4.69) is 20.7 Å². The Morgan fingerprint density at radius 2 is 2.12 bits per heavy atom. The van der Waals surface area contributed by atoms with Gasteiger partial charge < -0.3 is 15.5 Å². The van der Waals surface area contributed by atoms with E-state index in [9.17, 15) is 0 Å². The Hall–Kier alpha value is -1.05. The lowest BCUT2D eigenvalue weighted by Gasteiger charge is -2.34. The van der Waals surface area contributed by atoms with Gasteiger partial charge in [0.1, 0.15) is 11.6 Å². The van der Waals surface area contributed by atoms with Crippen LogP contribution in [0.15, 0.2) is 11.2 Å². The van der Waals surface area contributed by atoms with Crippen LogP contribution in [0, 0.1) is 0 Å². The molecule has 17 heavy (non-hydrogen) atoms. The topological polar surface area (TPSA) is 85.1 Å². The molecule has 1 aliphatic rings. The smallest absolute Gasteiger partial charge is 0.191 e. The summed E-state index contributed by atoms with van der Waals surface area (Å²) in [4.78, 5) is 8.58. The Morgan fingerprint density at radius 1 is 1.41 bits per heavy atom. The zero-order valence-electron chi connectivity index (χ0n) is 9.93. The minimum absolute atomic E-state index is 0.376. The van der Waals surface area contributed by atoms with E-state index in [0.717, 1.165) is 18.7 Å². The van der Waals surface area contributed by atoms with Crippen LogP contribution in [0.2, 0.25) is 0 Å². The van der Waals surface area contributed by atoms with Gasteiger partial charge in [0.25, 0.3) is 0 Å². The first-order chi connectivity index (χ1) is 8.25. The molecule has 1 aromatic heterocycles. The highest BCUT2D eigenvalue weighted by molar-refractivity contribution is 7.98. The second-order valence-electron chi connectivity index (χ2n) is 3.94. The maximum Gasteiger partial charge on any atom is 0.191 e. The molecular weight excluding hydrogens is 238 g/mol. The Labute approximate surface area is 105 Å². The van der Waals surface area contributed by atoms with Crippen LogP contribution in [0.5, 0.6) is 0 Å². The third-order valence-corrected chi connectivity index (χ3v) is 3.36. The van der Waals surface area contributed by atoms with Gasteiger partial charge in [0.15, 0.2) is 5.16 Å². The highest BCUT2D eigenvalue weighted by Crippen LogP contribution is 2.26. The number of hydrogen-bond acceptors (Lipinski definition) is 7. The van der Waals surface area contributed by atoms with Gasteiger partial charge in [-0.25, -0.2) is 15.8 Å². The number of nitrogens with two attached hydrogens (primary N) is 1. The van der Waals surface area contributed by atoms with Crippen molar-refractivity contribution in [2.45, 2.75) is 30.1 Å². The van der Waals surface area contributed by atoms with Crippen molar-refractivity contribution in [1.29, 1.82) is 0 Å². The maximum atomic E-state index is 5.37. The number of nitrogen functional groups attached to an aromatic ring is 1. The molecular formula is C10H17N5OS. The molecule has 1 heterocycles. The molecule has 1 aliphatic carbocycles. The monoisotopic (exact) mass is 255 g/mol. The van der Waals surface area contributed by atoms with E-state index in [-0.39, 0.29) is 0 Å². The molecule has 0 unspecified atom stereocenters. The van der Waals surface area contributed by atoms with Crippen molar-refractivity contribution >= 4 is 23.4 Å². The second kappa shape index (κ2) is 5.52. The van der Waals surface area contributed by atoms with Gasteiger partial charge in [0.2, 0.25) is 0 Å². The number of anilines is 2. The summed E-state index contributed by atoms with van der Waals surface area (Å²) >= 11 is 1.49. The van der Waals surface area contributed by atoms with Crippen molar-refractivity contribution in [2.24, 2.45) is 5.84 Å². The molecule has 1 saturated carbocycles. The van der Waals surface area contributed by atoms with Crippen LogP contribution in [0.4, 0.5) is 11.6 Å². The van der Waals surface area contributed by atoms with Crippen molar-refractivity contribution in [3.05, 3.63) is 6.07 Å². The Balaban J connectivity index is 2.00. The summed E-state index contributed by atoms with van der Waals surface area (Å²) in [7, 11) is 1.74. The number of nitrogens with zero attached hydrogens (tertiary/aromatic N) is 2. The van der Waals surface area contributed by atoms with E-state index in [1.54, 1.807) is 13.2 Å². The number of hydrazine groups is 1. The number of nitrogens with one attached hydrogen (secondary N) is 2. The minimum atomic E-state index is 0.376. The molecule has 1 fully saturated rings. The molecule has 1 aromatic rings. The van der Waals surface area contributed by atoms with Crippen molar-refractivity contribution in [2.75, 3.05) is 24.1 Å².